The van der Waals surface area contributed by atoms with Crippen molar-refractivity contribution in [3.05, 3.63) is 57.5 Å². The Morgan fingerprint density at radius 1 is 1.45 bits per heavy atom. The van der Waals surface area contributed by atoms with E-state index in [-0.39, 0.29) is 10.6 Å². The van der Waals surface area contributed by atoms with Gasteiger partial charge >= 0.3 is 11.5 Å². The first-order valence-corrected chi connectivity index (χ1v) is 6.55. The molecule has 6 nitrogen and oxygen atoms in total. The van der Waals surface area contributed by atoms with Crippen LogP contribution in [0, 0.1) is 10.1 Å². The zero-order valence-corrected chi connectivity index (χ0v) is 11.3. The number of hydrogen-bond donors (Lipinski definition) is 0. The third-order valence-corrected chi connectivity index (χ3v) is 3.51. The standard InChI is InChI=1S/C13H12ClN4O2/c14-12-4-3-10(8-15-12)9-17-7-6-16-5-1-2-11(13(16)17)18(19)20/h1-5,8H,6-7,9H2/q+1. The molecule has 0 bridgehead atoms. The SMILES string of the molecule is O=[N+]([O-])c1ccc[n+]2c1N(Cc1ccc(Cl)nc1)CC2. The van der Waals surface area contributed by atoms with E-state index in [4.69, 9.17) is 11.6 Å². The Labute approximate surface area is 120 Å². The van der Waals surface area contributed by atoms with E-state index < -0.39 is 0 Å². The Hall–Kier alpha value is -2.21. The highest BCUT2D eigenvalue weighted by atomic mass is 35.5. The molecule has 20 heavy (non-hydrogen) atoms. The van der Waals surface area contributed by atoms with Crippen LogP contribution in [0.4, 0.5) is 11.5 Å². The van der Waals surface area contributed by atoms with Crippen molar-refractivity contribution < 1.29 is 9.49 Å². The van der Waals surface area contributed by atoms with Gasteiger partial charge in [0.05, 0.1) is 11.1 Å². The Bertz CT molecular complexity index is 660. The second-order valence-electron chi connectivity index (χ2n) is 4.58. The quantitative estimate of drug-likeness (QED) is 0.375. The van der Waals surface area contributed by atoms with E-state index in [9.17, 15) is 10.1 Å². The summed E-state index contributed by atoms with van der Waals surface area (Å²) in [6, 6.07) is 6.84. The highest BCUT2D eigenvalue weighted by Gasteiger charge is 2.36. The van der Waals surface area contributed by atoms with Crippen molar-refractivity contribution in [3.63, 3.8) is 0 Å². The molecule has 0 saturated carbocycles. The van der Waals surface area contributed by atoms with Gasteiger partial charge in [0.15, 0.2) is 0 Å². The number of nitro groups is 1. The van der Waals surface area contributed by atoms with Crippen molar-refractivity contribution in [2.45, 2.75) is 13.1 Å². The highest BCUT2D eigenvalue weighted by molar-refractivity contribution is 6.29. The van der Waals surface area contributed by atoms with Crippen LogP contribution in [-0.2, 0) is 13.1 Å². The number of halogens is 1. The summed E-state index contributed by atoms with van der Waals surface area (Å²) < 4.78 is 1.90. The second-order valence-corrected chi connectivity index (χ2v) is 4.97. The van der Waals surface area contributed by atoms with Gasteiger partial charge in [-0.3, -0.25) is 10.1 Å². The number of aromatic nitrogens is 2. The highest BCUT2D eigenvalue weighted by Crippen LogP contribution is 2.27. The molecule has 0 amide bonds. The summed E-state index contributed by atoms with van der Waals surface area (Å²) in [6.07, 6.45) is 3.56. The lowest BCUT2D eigenvalue weighted by atomic mass is 10.2. The zero-order valence-electron chi connectivity index (χ0n) is 10.6. The summed E-state index contributed by atoms with van der Waals surface area (Å²) in [5.41, 5.74) is 1.10. The van der Waals surface area contributed by atoms with Gasteiger partial charge < -0.3 is 0 Å². The lowest BCUT2D eigenvalue weighted by molar-refractivity contribution is -0.673. The lowest BCUT2D eigenvalue weighted by Gasteiger charge is -2.10. The smallest absolute Gasteiger partial charge is 0.258 e. The normalized spacial score (nSPS) is 13.3. The Kier molecular flexibility index (Phi) is 3.23. The fraction of sp³-hybridized carbons (Fsp3) is 0.231. The molecule has 3 heterocycles. The molecule has 1 aliphatic rings. The van der Waals surface area contributed by atoms with Gasteiger partial charge in [-0.2, -0.15) is 0 Å². The monoisotopic (exact) mass is 291 g/mol. The summed E-state index contributed by atoms with van der Waals surface area (Å²) >= 11 is 5.76. The summed E-state index contributed by atoms with van der Waals surface area (Å²) in [5.74, 6) is 0.646. The van der Waals surface area contributed by atoms with E-state index in [2.05, 4.69) is 4.98 Å². The minimum Gasteiger partial charge on any atom is -0.258 e. The molecule has 0 N–H and O–H groups in total. The fourth-order valence-electron chi connectivity index (χ4n) is 2.41. The lowest BCUT2D eigenvalue weighted by Crippen LogP contribution is -2.31. The average Bonchev–Trinajstić information content (AvgIpc) is 2.84. The number of nitrogens with zero attached hydrogens (tertiary/aromatic N) is 4. The molecule has 102 valence electrons. The first-order valence-electron chi connectivity index (χ1n) is 6.17. The molecule has 0 spiro atoms. The predicted molar refractivity (Wildman–Crippen MR) is 73.6 cm³/mol. The molecular formula is C13H12ClN4O2+. The van der Waals surface area contributed by atoms with Crippen LogP contribution in [-0.4, -0.2) is 16.5 Å². The van der Waals surface area contributed by atoms with Gasteiger partial charge in [0.2, 0.25) is 0 Å². The molecule has 0 fully saturated rings. The molecule has 0 unspecified atom stereocenters. The van der Waals surface area contributed by atoms with E-state index in [1.165, 1.54) is 6.07 Å². The first kappa shape index (κ1) is 12.8. The largest absolute Gasteiger partial charge is 0.357 e. The Morgan fingerprint density at radius 2 is 2.30 bits per heavy atom. The molecule has 0 aliphatic carbocycles. The first-order chi connectivity index (χ1) is 9.65. The van der Waals surface area contributed by atoms with Gasteiger partial charge in [-0.1, -0.05) is 17.7 Å². The minimum atomic E-state index is -0.343. The van der Waals surface area contributed by atoms with E-state index in [0.29, 0.717) is 17.5 Å². The van der Waals surface area contributed by atoms with Crippen LogP contribution in [0.5, 0.6) is 0 Å². The molecule has 7 heteroatoms. The van der Waals surface area contributed by atoms with E-state index in [1.54, 1.807) is 18.3 Å². The number of fused-ring (bicyclic) bond motifs is 1. The van der Waals surface area contributed by atoms with Crippen LogP contribution in [0.15, 0.2) is 36.7 Å². The van der Waals surface area contributed by atoms with Gasteiger partial charge in [0, 0.05) is 17.8 Å². The van der Waals surface area contributed by atoms with Crippen LogP contribution in [0.1, 0.15) is 5.56 Å². The summed E-state index contributed by atoms with van der Waals surface area (Å²) in [7, 11) is 0. The third kappa shape index (κ3) is 2.30. The molecule has 0 saturated heterocycles. The van der Waals surface area contributed by atoms with Crippen LogP contribution in [0.2, 0.25) is 5.15 Å². The van der Waals surface area contributed by atoms with Crippen molar-refractivity contribution >= 4 is 23.1 Å². The maximum Gasteiger partial charge on any atom is 0.357 e. The summed E-state index contributed by atoms with van der Waals surface area (Å²) in [5, 5.41) is 11.6. The average molecular weight is 292 g/mol. The van der Waals surface area contributed by atoms with Crippen molar-refractivity contribution in [2.75, 3.05) is 11.4 Å². The van der Waals surface area contributed by atoms with E-state index in [1.807, 2.05) is 21.7 Å². The molecule has 1 aliphatic heterocycles. The number of hydrogen-bond acceptors (Lipinski definition) is 4. The van der Waals surface area contributed by atoms with Crippen LogP contribution in [0.25, 0.3) is 0 Å². The van der Waals surface area contributed by atoms with E-state index in [0.717, 1.165) is 18.7 Å². The second kappa shape index (κ2) is 5.05. The number of rotatable bonds is 3. The maximum atomic E-state index is 11.1. The van der Waals surface area contributed by atoms with Crippen LogP contribution < -0.4 is 9.47 Å². The molecule has 3 rings (SSSR count). The van der Waals surface area contributed by atoms with Gasteiger partial charge in [-0.15, -0.1) is 0 Å². The molecular weight excluding hydrogens is 280 g/mol. The van der Waals surface area contributed by atoms with Crippen molar-refractivity contribution in [1.29, 1.82) is 0 Å². The Morgan fingerprint density at radius 3 is 3.00 bits per heavy atom. The molecule has 0 aromatic carbocycles. The van der Waals surface area contributed by atoms with E-state index >= 15 is 0 Å². The fourth-order valence-corrected chi connectivity index (χ4v) is 2.52. The number of anilines is 1. The molecule has 0 radical (unpaired) electrons. The number of pyridine rings is 2. The molecule has 2 aromatic rings. The third-order valence-electron chi connectivity index (χ3n) is 3.29. The van der Waals surface area contributed by atoms with Gasteiger partial charge in [0.1, 0.15) is 24.8 Å². The molecule has 0 atom stereocenters. The summed E-state index contributed by atoms with van der Waals surface area (Å²) in [6.45, 7) is 2.07. The van der Waals surface area contributed by atoms with Gasteiger partial charge in [-0.25, -0.2) is 14.5 Å². The van der Waals surface area contributed by atoms with Crippen molar-refractivity contribution in [1.82, 2.24) is 4.98 Å². The van der Waals surface area contributed by atoms with Crippen molar-refractivity contribution in [3.8, 4) is 0 Å². The Balaban J connectivity index is 1.92. The predicted octanol–water partition coefficient (Wildman–Crippen LogP) is 1.95. The van der Waals surface area contributed by atoms with Crippen LogP contribution >= 0.6 is 11.6 Å². The zero-order chi connectivity index (χ0) is 14.1. The van der Waals surface area contributed by atoms with Crippen LogP contribution in [0.3, 0.4) is 0 Å². The maximum absolute atomic E-state index is 11.1. The van der Waals surface area contributed by atoms with Crippen molar-refractivity contribution in [2.24, 2.45) is 0 Å². The topological polar surface area (TPSA) is 63.2 Å². The molecule has 2 aromatic heterocycles. The minimum absolute atomic E-state index is 0.131. The van der Waals surface area contributed by atoms with Gasteiger partial charge in [0.25, 0.3) is 0 Å². The van der Waals surface area contributed by atoms with Gasteiger partial charge in [-0.05, 0) is 12.1 Å². The summed E-state index contributed by atoms with van der Waals surface area (Å²) in [4.78, 5) is 16.8.